The standard InChI is InChI=1S/C38H37NO10/c1-37(2)23-45-36(44)33(37)47-31(41)18-17-24-11-9-10-16-28(24)35(43)46-29-21-25(34(42)39-19-20-40)22-30-32(29)49-38(48-30,26-12-5-3-6-13-26)27-14-7-4-8-15-27/h3-18,22,29-30,32-33,40H,19-21,23H2,1-2H3,(H,39,42)/t29-,30-,32+,33+/m1/s1. The van der Waals surface area contributed by atoms with E-state index in [4.69, 9.17) is 23.7 Å². The maximum atomic E-state index is 13.8. The van der Waals surface area contributed by atoms with Crippen LogP contribution in [0.5, 0.6) is 0 Å². The molecule has 3 aromatic rings. The Kier molecular flexibility index (Phi) is 9.77. The van der Waals surface area contributed by atoms with Gasteiger partial charge in [-0.05, 0) is 23.8 Å². The minimum Gasteiger partial charge on any atom is -0.462 e. The molecule has 2 aliphatic heterocycles. The number of amides is 1. The number of aliphatic hydroxyl groups excluding tert-OH is 1. The SMILES string of the molecule is CC1(C)COC(=O)[C@@H]1OC(=O)C=Cc1ccccc1C(=O)O[C@@H]1CC(C(=O)NCCO)=C[C@H]2OC(c3ccccc3)(c3ccccc3)O[C@H]21. The first-order chi connectivity index (χ1) is 23.6. The minimum atomic E-state index is -1.36. The predicted molar refractivity (Wildman–Crippen MR) is 176 cm³/mol. The van der Waals surface area contributed by atoms with Crippen LogP contribution in [0.3, 0.4) is 0 Å². The number of fused-ring (bicyclic) bond motifs is 1. The van der Waals surface area contributed by atoms with Crippen molar-refractivity contribution in [3.8, 4) is 0 Å². The Morgan fingerprint density at radius 1 is 0.918 bits per heavy atom. The monoisotopic (exact) mass is 667 g/mol. The van der Waals surface area contributed by atoms with Gasteiger partial charge >= 0.3 is 17.9 Å². The topological polar surface area (TPSA) is 147 Å². The normalized spacial score (nSPS) is 23.7. The third kappa shape index (κ3) is 7.05. The summed E-state index contributed by atoms with van der Waals surface area (Å²) in [5.41, 5.74) is 1.60. The lowest BCUT2D eigenvalue weighted by Gasteiger charge is -2.31. The van der Waals surface area contributed by atoms with Crippen molar-refractivity contribution in [3.05, 3.63) is 125 Å². The molecule has 11 heteroatoms. The Labute approximate surface area is 283 Å². The van der Waals surface area contributed by atoms with Gasteiger partial charge in [-0.25, -0.2) is 14.4 Å². The number of nitrogens with one attached hydrogen (secondary N) is 1. The van der Waals surface area contributed by atoms with E-state index < -0.39 is 59.4 Å². The molecule has 2 N–H and O–H groups in total. The van der Waals surface area contributed by atoms with Crippen molar-refractivity contribution in [2.75, 3.05) is 19.8 Å². The molecule has 6 rings (SSSR count). The molecule has 2 fully saturated rings. The van der Waals surface area contributed by atoms with E-state index >= 15 is 0 Å². The summed E-state index contributed by atoms with van der Waals surface area (Å²) in [6.07, 6.45) is 0.666. The first-order valence-electron chi connectivity index (χ1n) is 16.0. The Balaban J connectivity index is 1.28. The van der Waals surface area contributed by atoms with E-state index in [-0.39, 0.29) is 31.7 Å². The van der Waals surface area contributed by atoms with Gasteiger partial charge in [0, 0.05) is 41.2 Å². The van der Waals surface area contributed by atoms with Crippen LogP contribution in [0.1, 0.15) is 47.3 Å². The van der Waals surface area contributed by atoms with E-state index in [0.717, 1.165) is 17.2 Å². The van der Waals surface area contributed by atoms with Crippen molar-refractivity contribution in [2.45, 2.75) is 50.5 Å². The predicted octanol–water partition coefficient (Wildman–Crippen LogP) is 3.84. The summed E-state index contributed by atoms with van der Waals surface area (Å²) in [5, 5.41) is 12.0. The van der Waals surface area contributed by atoms with Crippen molar-refractivity contribution in [1.29, 1.82) is 0 Å². The van der Waals surface area contributed by atoms with Crippen LogP contribution < -0.4 is 5.32 Å². The van der Waals surface area contributed by atoms with E-state index in [1.54, 1.807) is 44.2 Å². The molecule has 254 valence electrons. The van der Waals surface area contributed by atoms with E-state index in [0.29, 0.717) is 11.1 Å². The van der Waals surface area contributed by atoms with E-state index in [2.05, 4.69) is 5.32 Å². The van der Waals surface area contributed by atoms with Crippen LogP contribution in [-0.2, 0) is 43.9 Å². The Morgan fingerprint density at radius 2 is 1.57 bits per heavy atom. The summed E-state index contributed by atoms with van der Waals surface area (Å²) in [7, 11) is 0. The molecule has 0 radical (unpaired) electrons. The van der Waals surface area contributed by atoms with Crippen molar-refractivity contribution < 1.29 is 48.0 Å². The molecule has 0 unspecified atom stereocenters. The molecule has 2 heterocycles. The van der Waals surface area contributed by atoms with Gasteiger partial charge < -0.3 is 34.1 Å². The molecule has 49 heavy (non-hydrogen) atoms. The van der Waals surface area contributed by atoms with Gasteiger partial charge in [0.1, 0.15) is 24.9 Å². The zero-order chi connectivity index (χ0) is 34.6. The Morgan fingerprint density at radius 3 is 2.20 bits per heavy atom. The molecule has 3 aliphatic rings. The maximum Gasteiger partial charge on any atom is 0.348 e. The van der Waals surface area contributed by atoms with Gasteiger partial charge in [-0.15, -0.1) is 0 Å². The molecule has 4 atom stereocenters. The molecule has 3 aromatic carbocycles. The average Bonchev–Trinajstić information content (AvgIpc) is 3.64. The zero-order valence-corrected chi connectivity index (χ0v) is 27.1. The van der Waals surface area contributed by atoms with Crippen LogP contribution in [-0.4, -0.2) is 73.1 Å². The molecule has 0 aromatic heterocycles. The van der Waals surface area contributed by atoms with Gasteiger partial charge in [-0.3, -0.25) is 4.79 Å². The van der Waals surface area contributed by atoms with Gasteiger partial charge in [0.2, 0.25) is 17.8 Å². The number of ether oxygens (including phenoxy) is 5. The van der Waals surface area contributed by atoms with Gasteiger partial charge in [-0.2, -0.15) is 0 Å². The lowest BCUT2D eigenvalue weighted by Crippen LogP contribution is -2.43. The fourth-order valence-corrected chi connectivity index (χ4v) is 6.15. The number of cyclic esters (lactones) is 1. The summed E-state index contributed by atoms with van der Waals surface area (Å²) in [4.78, 5) is 51.7. The molecular formula is C38H37NO10. The lowest BCUT2D eigenvalue weighted by atomic mass is 9.90. The number of carbonyl (C=O) groups is 4. The second-order valence-corrected chi connectivity index (χ2v) is 12.7. The molecule has 11 nitrogen and oxygen atoms in total. The number of benzene rings is 3. The molecule has 0 spiro atoms. The zero-order valence-electron chi connectivity index (χ0n) is 27.1. The fraction of sp³-hybridized carbons (Fsp3) is 0.316. The smallest absolute Gasteiger partial charge is 0.348 e. The van der Waals surface area contributed by atoms with Crippen LogP contribution in [0.15, 0.2) is 103 Å². The Hall–Kier alpha value is -5.10. The summed E-state index contributed by atoms with van der Waals surface area (Å²) in [6.45, 7) is 3.47. The number of esters is 3. The second-order valence-electron chi connectivity index (χ2n) is 12.7. The molecular weight excluding hydrogens is 630 g/mol. The van der Waals surface area contributed by atoms with Gasteiger partial charge in [-0.1, -0.05) is 92.7 Å². The first kappa shape index (κ1) is 33.8. The van der Waals surface area contributed by atoms with Crippen LogP contribution in [0.4, 0.5) is 0 Å². The average molecular weight is 668 g/mol. The summed E-state index contributed by atoms with van der Waals surface area (Å²) < 4.78 is 30.0. The second kappa shape index (κ2) is 14.2. The lowest BCUT2D eigenvalue weighted by molar-refractivity contribution is -0.159. The highest BCUT2D eigenvalue weighted by Gasteiger charge is 2.55. The van der Waals surface area contributed by atoms with Crippen LogP contribution in [0.25, 0.3) is 6.08 Å². The van der Waals surface area contributed by atoms with Crippen LogP contribution in [0, 0.1) is 5.41 Å². The quantitative estimate of drug-likeness (QED) is 0.186. The number of rotatable bonds is 10. The number of hydrogen-bond donors (Lipinski definition) is 2. The highest BCUT2D eigenvalue weighted by Crippen LogP contribution is 2.47. The number of hydrogen-bond acceptors (Lipinski definition) is 10. The van der Waals surface area contributed by atoms with Gasteiger partial charge in [0.25, 0.3) is 0 Å². The van der Waals surface area contributed by atoms with Crippen molar-refractivity contribution in [2.24, 2.45) is 5.41 Å². The molecule has 1 aliphatic carbocycles. The first-order valence-corrected chi connectivity index (χ1v) is 16.0. The van der Waals surface area contributed by atoms with E-state index in [9.17, 15) is 24.3 Å². The minimum absolute atomic E-state index is 0.0186. The Bertz CT molecular complexity index is 1730. The van der Waals surface area contributed by atoms with E-state index in [1.165, 1.54) is 6.08 Å². The van der Waals surface area contributed by atoms with Crippen LogP contribution in [0.2, 0.25) is 0 Å². The highest BCUT2D eigenvalue weighted by atomic mass is 16.8. The fourth-order valence-electron chi connectivity index (χ4n) is 6.15. The van der Waals surface area contributed by atoms with Crippen molar-refractivity contribution in [1.82, 2.24) is 5.32 Å². The third-order valence-electron chi connectivity index (χ3n) is 8.66. The summed E-state index contributed by atoms with van der Waals surface area (Å²) in [5.74, 6) is -3.88. The van der Waals surface area contributed by atoms with Crippen LogP contribution >= 0.6 is 0 Å². The largest absolute Gasteiger partial charge is 0.462 e. The van der Waals surface area contributed by atoms with Crippen molar-refractivity contribution >= 4 is 29.9 Å². The molecule has 2 saturated heterocycles. The molecule has 0 saturated carbocycles. The summed E-state index contributed by atoms with van der Waals surface area (Å²) >= 11 is 0. The third-order valence-corrected chi connectivity index (χ3v) is 8.66. The van der Waals surface area contributed by atoms with Gasteiger partial charge in [0.15, 0.2) is 0 Å². The number of carbonyl (C=O) groups excluding carboxylic acids is 4. The highest BCUT2D eigenvalue weighted by molar-refractivity contribution is 5.97. The summed E-state index contributed by atoms with van der Waals surface area (Å²) in [6, 6.07) is 25.3. The number of aliphatic hydroxyl groups is 1. The van der Waals surface area contributed by atoms with Crippen molar-refractivity contribution in [3.63, 3.8) is 0 Å². The maximum absolute atomic E-state index is 13.8. The molecule has 1 amide bonds. The van der Waals surface area contributed by atoms with E-state index in [1.807, 2.05) is 60.7 Å². The van der Waals surface area contributed by atoms with Gasteiger partial charge in [0.05, 0.1) is 12.2 Å². The molecule has 0 bridgehead atoms.